The van der Waals surface area contributed by atoms with Crippen LogP contribution in [0, 0.1) is 0 Å². The highest BCUT2D eigenvalue weighted by Crippen LogP contribution is 2.40. The van der Waals surface area contributed by atoms with Crippen molar-refractivity contribution in [3.05, 3.63) is 77.9 Å². The van der Waals surface area contributed by atoms with Crippen LogP contribution in [0.2, 0.25) is 0 Å². The number of imidazole rings is 1. The van der Waals surface area contributed by atoms with E-state index in [1.165, 1.54) is 30.4 Å². The van der Waals surface area contributed by atoms with Crippen molar-refractivity contribution in [1.29, 1.82) is 0 Å². The van der Waals surface area contributed by atoms with E-state index in [9.17, 15) is 0 Å². The number of ether oxygens (including phenoxy) is 1. The summed E-state index contributed by atoms with van der Waals surface area (Å²) in [6, 6.07) is 16.8. The molecule has 5 nitrogen and oxygen atoms in total. The highest BCUT2D eigenvalue weighted by atomic mass is 16.5. The number of fused-ring (bicyclic) bond motifs is 2. The van der Waals surface area contributed by atoms with Gasteiger partial charge in [-0.05, 0) is 30.0 Å². The fourth-order valence-corrected chi connectivity index (χ4v) is 4.47. The van der Waals surface area contributed by atoms with Gasteiger partial charge in [-0.1, -0.05) is 48.9 Å². The third-order valence-corrected chi connectivity index (χ3v) is 6.28. The van der Waals surface area contributed by atoms with Crippen molar-refractivity contribution in [3.8, 4) is 17.0 Å². The van der Waals surface area contributed by atoms with Crippen molar-refractivity contribution in [2.45, 2.75) is 37.7 Å². The Bertz CT molecular complexity index is 1180. The second-order valence-corrected chi connectivity index (χ2v) is 8.02. The predicted molar refractivity (Wildman–Crippen MR) is 113 cm³/mol. The summed E-state index contributed by atoms with van der Waals surface area (Å²) in [6.07, 6.45) is 8.37. The number of para-hydroxylation sites is 1. The van der Waals surface area contributed by atoms with Gasteiger partial charge < -0.3 is 10.5 Å². The molecule has 2 aliphatic rings. The molecule has 144 valence electrons. The van der Waals surface area contributed by atoms with Crippen LogP contribution in [-0.2, 0) is 6.42 Å². The molecule has 1 fully saturated rings. The van der Waals surface area contributed by atoms with E-state index in [-0.39, 0.29) is 6.10 Å². The average molecular weight is 382 g/mol. The van der Waals surface area contributed by atoms with Crippen molar-refractivity contribution in [3.63, 3.8) is 0 Å². The third kappa shape index (κ3) is 2.61. The molecular formula is C24H22N4O. The summed E-state index contributed by atoms with van der Waals surface area (Å²) in [5.74, 6) is 3.14. The quantitative estimate of drug-likeness (QED) is 0.546. The van der Waals surface area contributed by atoms with E-state index in [2.05, 4.69) is 45.8 Å². The van der Waals surface area contributed by atoms with Crippen LogP contribution in [-0.4, -0.2) is 14.4 Å². The molecule has 2 N–H and O–H groups in total. The van der Waals surface area contributed by atoms with Gasteiger partial charge in [0.15, 0.2) is 0 Å². The van der Waals surface area contributed by atoms with Crippen LogP contribution in [0.5, 0.6) is 5.75 Å². The Balaban J connectivity index is 1.37. The van der Waals surface area contributed by atoms with E-state index in [0.29, 0.717) is 11.7 Å². The molecule has 4 aromatic rings. The van der Waals surface area contributed by atoms with Gasteiger partial charge in [0.2, 0.25) is 0 Å². The molecule has 1 unspecified atom stereocenters. The van der Waals surface area contributed by atoms with Gasteiger partial charge in [-0.2, -0.15) is 0 Å². The number of rotatable bonds is 3. The Morgan fingerprint density at radius 1 is 1.03 bits per heavy atom. The van der Waals surface area contributed by atoms with E-state index in [0.717, 1.165) is 34.8 Å². The van der Waals surface area contributed by atoms with Crippen LogP contribution in [0.25, 0.3) is 16.8 Å². The maximum absolute atomic E-state index is 6.25. The lowest BCUT2D eigenvalue weighted by molar-refractivity contribution is 0.239. The first-order valence-corrected chi connectivity index (χ1v) is 10.3. The van der Waals surface area contributed by atoms with E-state index in [1.54, 1.807) is 6.20 Å². The highest BCUT2D eigenvalue weighted by molar-refractivity contribution is 5.85. The number of hydrogen-bond donors (Lipinski definition) is 1. The molecule has 1 saturated carbocycles. The van der Waals surface area contributed by atoms with E-state index < -0.39 is 0 Å². The SMILES string of the molecule is Nc1nccn2c(C3CCC3)nc(-c3ccc(C4Cc5ccccc5O4)cc3)c12. The first-order valence-electron chi connectivity index (χ1n) is 10.3. The lowest BCUT2D eigenvalue weighted by atomic mass is 9.85. The lowest BCUT2D eigenvalue weighted by Crippen LogP contribution is -2.12. The molecule has 0 bridgehead atoms. The van der Waals surface area contributed by atoms with Crippen molar-refractivity contribution < 1.29 is 4.74 Å². The molecule has 0 amide bonds. The number of anilines is 1. The highest BCUT2D eigenvalue weighted by Gasteiger charge is 2.27. The van der Waals surface area contributed by atoms with Crippen molar-refractivity contribution >= 4 is 11.3 Å². The van der Waals surface area contributed by atoms with Crippen molar-refractivity contribution in [1.82, 2.24) is 14.4 Å². The van der Waals surface area contributed by atoms with Crippen LogP contribution in [0.3, 0.4) is 0 Å². The number of hydrogen-bond acceptors (Lipinski definition) is 4. The molecular weight excluding hydrogens is 360 g/mol. The van der Waals surface area contributed by atoms with Crippen LogP contribution in [0.1, 0.15) is 48.2 Å². The topological polar surface area (TPSA) is 65.4 Å². The fourth-order valence-electron chi connectivity index (χ4n) is 4.47. The van der Waals surface area contributed by atoms with Gasteiger partial charge in [0.1, 0.15) is 34.7 Å². The second kappa shape index (κ2) is 6.34. The van der Waals surface area contributed by atoms with Gasteiger partial charge in [-0.25, -0.2) is 9.97 Å². The smallest absolute Gasteiger partial charge is 0.150 e. The monoisotopic (exact) mass is 382 g/mol. The zero-order chi connectivity index (χ0) is 19.4. The summed E-state index contributed by atoms with van der Waals surface area (Å²) in [5.41, 5.74) is 11.6. The molecule has 2 aromatic heterocycles. The summed E-state index contributed by atoms with van der Waals surface area (Å²) in [4.78, 5) is 9.32. The maximum Gasteiger partial charge on any atom is 0.150 e. The van der Waals surface area contributed by atoms with Gasteiger partial charge in [0, 0.05) is 30.3 Å². The Morgan fingerprint density at radius 2 is 1.86 bits per heavy atom. The van der Waals surface area contributed by atoms with Crippen LogP contribution >= 0.6 is 0 Å². The minimum Gasteiger partial charge on any atom is -0.485 e. The summed E-state index contributed by atoms with van der Waals surface area (Å²) in [6.45, 7) is 0. The number of nitrogen functional groups attached to an aromatic ring is 1. The number of benzene rings is 2. The lowest BCUT2D eigenvalue weighted by Gasteiger charge is -2.23. The molecule has 1 atom stereocenters. The Labute approximate surface area is 169 Å². The number of aromatic nitrogens is 3. The Morgan fingerprint density at radius 3 is 2.62 bits per heavy atom. The van der Waals surface area contributed by atoms with Gasteiger partial charge in [0.05, 0.1) is 0 Å². The van der Waals surface area contributed by atoms with Gasteiger partial charge in [-0.15, -0.1) is 0 Å². The van der Waals surface area contributed by atoms with E-state index in [4.69, 9.17) is 15.5 Å². The van der Waals surface area contributed by atoms with Crippen LogP contribution in [0.15, 0.2) is 60.9 Å². The van der Waals surface area contributed by atoms with Crippen LogP contribution < -0.4 is 10.5 Å². The zero-order valence-corrected chi connectivity index (χ0v) is 16.1. The van der Waals surface area contributed by atoms with E-state index >= 15 is 0 Å². The molecule has 0 saturated heterocycles. The minimum absolute atomic E-state index is 0.0671. The molecule has 3 heterocycles. The maximum atomic E-state index is 6.25. The van der Waals surface area contributed by atoms with Gasteiger partial charge in [0.25, 0.3) is 0 Å². The molecule has 1 aliphatic heterocycles. The summed E-state index contributed by atoms with van der Waals surface area (Å²) < 4.78 is 8.27. The second-order valence-electron chi connectivity index (χ2n) is 8.02. The van der Waals surface area contributed by atoms with E-state index in [1.807, 2.05) is 18.3 Å². The Kier molecular flexibility index (Phi) is 3.63. The fraction of sp³-hybridized carbons (Fsp3) is 0.250. The predicted octanol–water partition coefficient (Wildman–Crippen LogP) is 4.92. The molecule has 6 rings (SSSR count). The standard InChI is InChI=1S/C24H22N4O/c25-23-22-21(27-24(17-5-3-6-17)28(22)13-12-26-23)16-10-8-15(9-11-16)20-14-18-4-1-2-7-19(18)29-20/h1-2,4,7-13,17,20H,3,5-6,14H2,(H2,25,26). The Hall–Kier alpha value is -3.34. The molecule has 0 spiro atoms. The molecule has 2 aromatic carbocycles. The average Bonchev–Trinajstić information content (AvgIpc) is 3.30. The van der Waals surface area contributed by atoms with Crippen LogP contribution in [0.4, 0.5) is 5.82 Å². The summed E-state index contributed by atoms with van der Waals surface area (Å²) in [7, 11) is 0. The third-order valence-electron chi connectivity index (χ3n) is 6.28. The summed E-state index contributed by atoms with van der Waals surface area (Å²) >= 11 is 0. The van der Waals surface area contributed by atoms with Gasteiger partial charge in [-0.3, -0.25) is 4.40 Å². The normalized spacial score (nSPS) is 18.4. The number of nitrogens with two attached hydrogens (primary N) is 1. The number of nitrogens with zero attached hydrogens (tertiary/aromatic N) is 3. The summed E-state index contributed by atoms with van der Waals surface area (Å²) in [5, 5.41) is 0. The first-order chi connectivity index (χ1) is 14.3. The molecule has 1 aliphatic carbocycles. The first kappa shape index (κ1) is 16.6. The zero-order valence-electron chi connectivity index (χ0n) is 16.1. The molecule has 29 heavy (non-hydrogen) atoms. The molecule has 0 radical (unpaired) electrons. The molecule has 5 heteroatoms. The minimum atomic E-state index is 0.0671. The van der Waals surface area contributed by atoms with Gasteiger partial charge >= 0.3 is 0 Å². The van der Waals surface area contributed by atoms with Crippen molar-refractivity contribution in [2.75, 3.05) is 5.73 Å². The van der Waals surface area contributed by atoms with Crippen molar-refractivity contribution in [2.24, 2.45) is 0 Å². The largest absolute Gasteiger partial charge is 0.485 e.